The second-order valence-corrected chi connectivity index (χ2v) is 12.9. The summed E-state index contributed by atoms with van der Waals surface area (Å²) in [5, 5.41) is 9.65. The molecule has 1 N–H and O–H groups in total. The summed E-state index contributed by atoms with van der Waals surface area (Å²) in [4.78, 5) is 11.4. The molecular weight excluding hydrogens is 256 g/mol. The third-order valence-corrected chi connectivity index (χ3v) is 10.5. The summed E-state index contributed by atoms with van der Waals surface area (Å²) in [6.45, 7) is 11.4. The number of hydrogen-bond acceptors (Lipinski definition) is 2. The standard InChI is InChI=1S/C15H28O3Si/c1-13(2,3)19(4,5)18-15-9-6-14(7-10-15,8-11-15)12(16)17/h6-11H2,1-5H3,(H,16,17). The molecule has 110 valence electrons. The van der Waals surface area contributed by atoms with Gasteiger partial charge in [0, 0.05) is 0 Å². The maximum atomic E-state index is 11.4. The van der Waals surface area contributed by atoms with Crippen molar-refractivity contribution in [2.75, 3.05) is 0 Å². The van der Waals surface area contributed by atoms with Crippen molar-refractivity contribution in [3.63, 3.8) is 0 Å². The minimum atomic E-state index is -1.76. The van der Waals surface area contributed by atoms with Gasteiger partial charge in [-0.25, -0.2) is 0 Å². The summed E-state index contributed by atoms with van der Waals surface area (Å²) in [6, 6.07) is 0. The van der Waals surface area contributed by atoms with Gasteiger partial charge in [-0.15, -0.1) is 0 Å². The third kappa shape index (κ3) is 2.49. The molecule has 3 fully saturated rings. The third-order valence-electron chi connectivity index (χ3n) is 5.91. The zero-order valence-electron chi connectivity index (χ0n) is 13.0. The molecule has 3 saturated carbocycles. The molecule has 0 unspecified atom stereocenters. The van der Waals surface area contributed by atoms with Gasteiger partial charge in [-0.2, -0.15) is 0 Å². The molecule has 0 aliphatic heterocycles. The summed E-state index contributed by atoms with van der Waals surface area (Å²) < 4.78 is 6.69. The molecule has 3 aliphatic rings. The molecule has 3 nitrogen and oxygen atoms in total. The van der Waals surface area contributed by atoms with Gasteiger partial charge in [0.2, 0.25) is 0 Å². The molecular formula is C15H28O3Si. The Morgan fingerprint density at radius 1 is 1.05 bits per heavy atom. The smallest absolute Gasteiger partial charge is 0.309 e. The zero-order chi connectivity index (χ0) is 14.5. The van der Waals surface area contributed by atoms with Crippen LogP contribution in [0.5, 0.6) is 0 Å². The van der Waals surface area contributed by atoms with Gasteiger partial charge in [-0.3, -0.25) is 4.79 Å². The quantitative estimate of drug-likeness (QED) is 0.791. The van der Waals surface area contributed by atoms with E-state index >= 15 is 0 Å². The number of aliphatic carboxylic acids is 1. The first-order chi connectivity index (χ1) is 8.52. The molecule has 2 bridgehead atoms. The van der Waals surface area contributed by atoms with Crippen molar-refractivity contribution in [3.05, 3.63) is 0 Å². The second-order valence-electron chi connectivity index (χ2n) is 8.13. The highest BCUT2D eigenvalue weighted by Gasteiger charge is 2.55. The van der Waals surface area contributed by atoms with Gasteiger partial charge in [0.25, 0.3) is 0 Å². The van der Waals surface area contributed by atoms with Crippen LogP contribution in [-0.2, 0) is 9.22 Å². The van der Waals surface area contributed by atoms with Gasteiger partial charge in [0.15, 0.2) is 8.32 Å². The normalized spacial score (nSPS) is 35.4. The SMILES string of the molecule is CC(C)(C)[Si](C)(C)OC12CCC(C(=O)O)(CC1)CC2. The van der Waals surface area contributed by atoms with E-state index in [2.05, 4.69) is 33.9 Å². The van der Waals surface area contributed by atoms with Gasteiger partial charge < -0.3 is 9.53 Å². The van der Waals surface area contributed by atoms with Crippen molar-refractivity contribution in [2.24, 2.45) is 5.41 Å². The molecule has 0 aromatic heterocycles. The summed E-state index contributed by atoms with van der Waals surface area (Å²) in [6.07, 6.45) is 5.22. The van der Waals surface area contributed by atoms with Gasteiger partial charge >= 0.3 is 5.97 Å². The lowest BCUT2D eigenvalue weighted by Crippen LogP contribution is -2.56. The maximum Gasteiger partial charge on any atom is 0.309 e. The molecule has 3 rings (SSSR count). The van der Waals surface area contributed by atoms with Gasteiger partial charge in [0.1, 0.15) is 0 Å². The van der Waals surface area contributed by atoms with E-state index in [1.165, 1.54) is 0 Å². The lowest BCUT2D eigenvalue weighted by Gasteiger charge is -2.55. The predicted octanol–water partition coefficient (Wildman–Crippen LogP) is 4.19. The summed E-state index contributed by atoms with van der Waals surface area (Å²) in [5.74, 6) is -0.590. The molecule has 0 heterocycles. The van der Waals surface area contributed by atoms with Crippen molar-refractivity contribution in [3.8, 4) is 0 Å². The van der Waals surface area contributed by atoms with E-state index in [4.69, 9.17) is 4.43 Å². The fraction of sp³-hybridized carbons (Fsp3) is 0.933. The van der Waals surface area contributed by atoms with Crippen LogP contribution in [0.4, 0.5) is 0 Å². The summed E-state index contributed by atoms with van der Waals surface area (Å²) >= 11 is 0. The number of rotatable bonds is 3. The Bertz CT molecular complexity index is 357. The van der Waals surface area contributed by atoms with Crippen LogP contribution in [0.25, 0.3) is 0 Å². The van der Waals surface area contributed by atoms with Crippen LogP contribution in [0.2, 0.25) is 18.1 Å². The van der Waals surface area contributed by atoms with Crippen molar-refractivity contribution in [1.82, 2.24) is 0 Å². The van der Waals surface area contributed by atoms with Crippen LogP contribution in [0.3, 0.4) is 0 Å². The molecule has 0 saturated heterocycles. The molecule has 4 heteroatoms. The Morgan fingerprint density at radius 2 is 1.47 bits per heavy atom. The highest BCUT2D eigenvalue weighted by atomic mass is 28.4. The Hall–Kier alpha value is -0.353. The van der Waals surface area contributed by atoms with Gasteiger partial charge in [-0.1, -0.05) is 20.8 Å². The second kappa shape index (κ2) is 4.32. The number of carbonyl (C=O) groups is 1. The largest absolute Gasteiger partial charge is 0.481 e. The Morgan fingerprint density at radius 3 is 1.79 bits per heavy atom. The molecule has 0 aromatic carbocycles. The zero-order valence-corrected chi connectivity index (χ0v) is 14.0. The lowest BCUT2D eigenvalue weighted by atomic mass is 9.59. The van der Waals surface area contributed by atoms with E-state index < -0.39 is 19.7 Å². The highest BCUT2D eigenvalue weighted by molar-refractivity contribution is 6.74. The van der Waals surface area contributed by atoms with Gasteiger partial charge in [0.05, 0.1) is 11.0 Å². The topological polar surface area (TPSA) is 46.5 Å². The van der Waals surface area contributed by atoms with E-state index in [1.54, 1.807) is 0 Å². The summed E-state index contributed by atoms with van der Waals surface area (Å²) in [5.41, 5.74) is -0.446. The van der Waals surface area contributed by atoms with Crippen molar-refractivity contribution in [1.29, 1.82) is 0 Å². The summed E-state index contributed by atoms with van der Waals surface area (Å²) in [7, 11) is -1.76. The number of fused-ring (bicyclic) bond motifs is 3. The minimum absolute atomic E-state index is 0.0137. The number of hydrogen-bond donors (Lipinski definition) is 1. The molecule has 0 amide bonds. The van der Waals surface area contributed by atoms with Crippen molar-refractivity contribution >= 4 is 14.3 Å². The van der Waals surface area contributed by atoms with E-state index in [0.29, 0.717) is 0 Å². The van der Waals surface area contributed by atoms with Crippen LogP contribution in [0.15, 0.2) is 0 Å². The Kier molecular flexibility index (Phi) is 3.42. The van der Waals surface area contributed by atoms with E-state index in [1.807, 2.05) is 0 Å². The minimum Gasteiger partial charge on any atom is -0.481 e. The van der Waals surface area contributed by atoms with E-state index in [-0.39, 0.29) is 10.6 Å². The van der Waals surface area contributed by atoms with Crippen molar-refractivity contribution in [2.45, 2.75) is 83.0 Å². The van der Waals surface area contributed by atoms with E-state index in [9.17, 15) is 9.90 Å². The first-order valence-corrected chi connectivity index (χ1v) is 10.4. The van der Waals surface area contributed by atoms with Crippen LogP contribution in [0, 0.1) is 5.41 Å². The van der Waals surface area contributed by atoms with Crippen LogP contribution in [0.1, 0.15) is 59.3 Å². The monoisotopic (exact) mass is 284 g/mol. The fourth-order valence-electron chi connectivity index (χ4n) is 3.32. The average Bonchev–Trinajstić information content (AvgIpc) is 2.28. The van der Waals surface area contributed by atoms with Crippen LogP contribution >= 0.6 is 0 Å². The number of carboxylic acid groups (broad SMARTS) is 1. The lowest BCUT2D eigenvalue weighted by molar-refractivity contribution is -0.163. The maximum absolute atomic E-state index is 11.4. The first kappa shape index (κ1) is 15.0. The number of carboxylic acids is 1. The molecule has 0 atom stereocenters. The molecule has 19 heavy (non-hydrogen) atoms. The Balaban J connectivity index is 2.11. The molecule has 0 radical (unpaired) electrons. The Labute approximate surface area is 117 Å². The van der Waals surface area contributed by atoms with Crippen molar-refractivity contribution < 1.29 is 14.3 Å². The predicted molar refractivity (Wildman–Crippen MR) is 78.8 cm³/mol. The molecule has 0 aromatic rings. The van der Waals surface area contributed by atoms with E-state index in [0.717, 1.165) is 38.5 Å². The highest BCUT2D eigenvalue weighted by Crippen LogP contribution is 2.56. The average molecular weight is 284 g/mol. The first-order valence-electron chi connectivity index (χ1n) is 7.46. The molecule has 3 aliphatic carbocycles. The van der Waals surface area contributed by atoms with Gasteiger partial charge in [-0.05, 0) is 56.7 Å². The van der Waals surface area contributed by atoms with Crippen LogP contribution < -0.4 is 0 Å². The molecule has 0 spiro atoms. The van der Waals surface area contributed by atoms with Crippen LogP contribution in [-0.4, -0.2) is 25.0 Å². The fourth-order valence-corrected chi connectivity index (χ4v) is 5.01.